The molecule has 0 aliphatic carbocycles. The minimum absolute atomic E-state index is 0.0151. The molecule has 3 aromatic carbocycles. The van der Waals surface area contributed by atoms with Crippen molar-refractivity contribution in [3.05, 3.63) is 92.9 Å². The van der Waals surface area contributed by atoms with Gasteiger partial charge in [0.25, 0.3) is 10.0 Å². The Morgan fingerprint density at radius 1 is 1.00 bits per heavy atom. The maximum atomic E-state index is 13.9. The Morgan fingerprint density at radius 2 is 1.67 bits per heavy atom. The lowest BCUT2D eigenvalue weighted by molar-refractivity contribution is -0.139. The number of sulfonamides is 1. The second-order valence-corrected chi connectivity index (χ2v) is 12.5. The molecule has 1 unspecified atom stereocenters. The number of anilines is 1. The Bertz CT molecular complexity index is 1390. The third-order valence-corrected chi connectivity index (χ3v) is 8.91. The van der Waals surface area contributed by atoms with Gasteiger partial charge in [0.1, 0.15) is 12.6 Å². The minimum atomic E-state index is -4.23. The molecular weight excluding hydrogens is 625 g/mol. The van der Waals surface area contributed by atoms with E-state index in [9.17, 15) is 18.0 Å². The van der Waals surface area contributed by atoms with Crippen LogP contribution in [0.15, 0.2) is 82.2 Å². The van der Waals surface area contributed by atoms with Crippen LogP contribution in [0, 0.1) is 0 Å². The molecule has 0 radical (unpaired) electrons. The minimum Gasteiger partial charge on any atom is -0.354 e. The van der Waals surface area contributed by atoms with Gasteiger partial charge >= 0.3 is 0 Å². The topological polar surface area (TPSA) is 86.8 Å². The number of carbonyl (C=O) groups is 2. The van der Waals surface area contributed by atoms with Crippen molar-refractivity contribution in [1.82, 2.24) is 10.2 Å². The van der Waals surface area contributed by atoms with Gasteiger partial charge in [0, 0.05) is 22.6 Å². The summed E-state index contributed by atoms with van der Waals surface area (Å²) < 4.78 is 29.4. The number of amides is 2. The van der Waals surface area contributed by atoms with E-state index in [2.05, 4.69) is 21.2 Å². The molecule has 1 atom stereocenters. The lowest BCUT2D eigenvalue weighted by Gasteiger charge is -2.32. The summed E-state index contributed by atoms with van der Waals surface area (Å²) in [6, 6.07) is 18.6. The Kier molecular flexibility index (Phi) is 11.2. The van der Waals surface area contributed by atoms with E-state index in [4.69, 9.17) is 23.2 Å². The predicted octanol–water partition coefficient (Wildman–Crippen LogP) is 6.28. The average molecular weight is 655 g/mol. The van der Waals surface area contributed by atoms with Crippen molar-refractivity contribution < 1.29 is 18.0 Å². The van der Waals surface area contributed by atoms with E-state index in [0.717, 1.165) is 27.2 Å². The first-order valence-corrected chi connectivity index (χ1v) is 15.4. The number of halogens is 3. The summed E-state index contributed by atoms with van der Waals surface area (Å²) in [5.41, 5.74) is 0.836. The number of nitrogens with one attached hydrogen (secondary N) is 1. The molecule has 7 nitrogen and oxygen atoms in total. The van der Waals surface area contributed by atoms with Crippen molar-refractivity contribution >= 4 is 66.7 Å². The van der Waals surface area contributed by atoms with Gasteiger partial charge in [-0.25, -0.2) is 8.42 Å². The Morgan fingerprint density at radius 3 is 2.31 bits per heavy atom. The molecule has 3 aromatic rings. The largest absolute Gasteiger partial charge is 0.354 e. The zero-order chi connectivity index (χ0) is 28.6. The third-order valence-electron chi connectivity index (χ3n) is 6.05. The van der Waals surface area contributed by atoms with Crippen LogP contribution in [0.3, 0.4) is 0 Å². The highest BCUT2D eigenvalue weighted by Gasteiger charge is 2.33. The maximum absolute atomic E-state index is 13.9. The van der Waals surface area contributed by atoms with E-state index in [0.29, 0.717) is 6.54 Å². The second-order valence-electron chi connectivity index (χ2n) is 8.89. The van der Waals surface area contributed by atoms with Crippen LogP contribution >= 0.6 is 39.1 Å². The van der Waals surface area contributed by atoms with Crippen molar-refractivity contribution in [2.45, 2.75) is 44.2 Å². The van der Waals surface area contributed by atoms with Gasteiger partial charge in [0.2, 0.25) is 11.8 Å². The zero-order valence-electron chi connectivity index (χ0n) is 21.6. The van der Waals surface area contributed by atoms with Gasteiger partial charge in [-0.2, -0.15) is 0 Å². The van der Waals surface area contributed by atoms with Crippen LogP contribution in [0.1, 0.15) is 32.3 Å². The molecule has 3 rings (SSSR count). The van der Waals surface area contributed by atoms with Gasteiger partial charge in [-0.1, -0.05) is 82.8 Å². The number of hydrogen-bond acceptors (Lipinski definition) is 4. The van der Waals surface area contributed by atoms with Crippen LogP contribution in [-0.2, 0) is 26.2 Å². The summed E-state index contributed by atoms with van der Waals surface area (Å²) in [5, 5.41) is 3.22. The Labute approximate surface area is 248 Å². The molecule has 0 aliphatic heterocycles. The van der Waals surface area contributed by atoms with Crippen molar-refractivity contribution in [2.24, 2.45) is 0 Å². The van der Waals surface area contributed by atoms with E-state index in [1.54, 1.807) is 25.1 Å². The van der Waals surface area contributed by atoms with E-state index in [1.807, 2.05) is 31.2 Å². The summed E-state index contributed by atoms with van der Waals surface area (Å²) in [7, 11) is -4.23. The van der Waals surface area contributed by atoms with Gasteiger partial charge in [-0.15, -0.1) is 0 Å². The van der Waals surface area contributed by atoms with Crippen LogP contribution in [0.2, 0.25) is 10.0 Å². The fourth-order valence-corrected chi connectivity index (χ4v) is 5.96. The van der Waals surface area contributed by atoms with Crippen LogP contribution in [0.25, 0.3) is 0 Å². The van der Waals surface area contributed by atoms with Gasteiger partial charge in [0.05, 0.1) is 15.6 Å². The van der Waals surface area contributed by atoms with Crippen molar-refractivity contribution in [1.29, 1.82) is 0 Å². The molecule has 0 fully saturated rings. The number of benzene rings is 3. The van der Waals surface area contributed by atoms with Gasteiger partial charge in [-0.05, 0) is 61.4 Å². The second kappa shape index (κ2) is 14.2. The highest BCUT2D eigenvalue weighted by molar-refractivity contribution is 9.10. The lowest BCUT2D eigenvalue weighted by atomic mass is 10.1. The van der Waals surface area contributed by atoms with E-state index in [-0.39, 0.29) is 33.1 Å². The first-order chi connectivity index (χ1) is 18.5. The highest BCUT2D eigenvalue weighted by atomic mass is 79.9. The maximum Gasteiger partial charge on any atom is 0.264 e. The molecule has 208 valence electrons. The zero-order valence-corrected chi connectivity index (χ0v) is 25.5. The van der Waals surface area contributed by atoms with Crippen LogP contribution in [-0.4, -0.2) is 44.3 Å². The lowest BCUT2D eigenvalue weighted by Crippen LogP contribution is -2.51. The number of rotatable bonds is 12. The Hall–Kier alpha value is -2.59. The quantitative estimate of drug-likeness (QED) is 0.233. The number of hydrogen-bond donors (Lipinski definition) is 1. The summed E-state index contributed by atoms with van der Waals surface area (Å²) in [6.07, 6.45) is 1.71. The molecular formula is C28H30BrCl2N3O4S. The monoisotopic (exact) mass is 653 g/mol. The predicted molar refractivity (Wildman–Crippen MR) is 160 cm³/mol. The van der Waals surface area contributed by atoms with E-state index < -0.39 is 28.5 Å². The van der Waals surface area contributed by atoms with Gasteiger partial charge in [-0.3, -0.25) is 13.9 Å². The molecule has 0 saturated heterocycles. The van der Waals surface area contributed by atoms with E-state index >= 15 is 0 Å². The number of unbranched alkanes of at least 4 members (excludes halogenated alkanes) is 1. The molecule has 11 heteroatoms. The molecule has 1 N–H and O–H groups in total. The molecule has 0 spiro atoms. The Balaban J connectivity index is 2.02. The number of carbonyl (C=O) groups excluding carboxylic acids is 2. The van der Waals surface area contributed by atoms with Crippen molar-refractivity contribution in [3.63, 3.8) is 0 Å². The number of nitrogens with zero attached hydrogens (tertiary/aromatic N) is 2. The summed E-state index contributed by atoms with van der Waals surface area (Å²) in [4.78, 5) is 28.3. The molecule has 39 heavy (non-hydrogen) atoms. The normalized spacial score (nSPS) is 12.0. The third kappa shape index (κ3) is 8.20. The molecule has 0 heterocycles. The molecule has 0 saturated carbocycles. The van der Waals surface area contributed by atoms with Crippen LogP contribution in [0.4, 0.5) is 5.69 Å². The van der Waals surface area contributed by atoms with Crippen LogP contribution in [0.5, 0.6) is 0 Å². The first-order valence-electron chi connectivity index (χ1n) is 12.4. The molecule has 0 bridgehead atoms. The summed E-state index contributed by atoms with van der Waals surface area (Å²) in [6.45, 7) is 3.62. The molecule has 2 amide bonds. The molecule has 0 aromatic heterocycles. The fourth-order valence-electron chi connectivity index (χ4n) is 3.82. The van der Waals surface area contributed by atoms with Crippen LogP contribution < -0.4 is 9.62 Å². The molecule has 0 aliphatic rings. The fraction of sp³-hybridized carbons (Fsp3) is 0.286. The SMILES string of the molecule is CCCCNC(=O)C(C)N(Cc1ccc(Br)cc1)C(=O)CN(c1cc(Cl)ccc1Cl)S(=O)(=O)c1ccccc1. The smallest absolute Gasteiger partial charge is 0.264 e. The highest BCUT2D eigenvalue weighted by Crippen LogP contribution is 2.33. The van der Waals surface area contributed by atoms with Gasteiger partial charge in [0.15, 0.2) is 0 Å². The standard InChI is InChI=1S/C28H30BrCl2N3O4S/c1-3-4-16-32-28(36)20(2)33(18-21-10-12-22(29)13-11-21)27(35)19-34(26-17-23(30)14-15-25(26)31)39(37,38)24-8-6-5-7-9-24/h5-15,17,20H,3-4,16,18-19H2,1-2H3,(H,32,36). The first kappa shape index (κ1) is 30.9. The summed E-state index contributed by atoms with van der Waals surface area (Å²) in [5.74, 6) is -0.904. The van der Waals surface area contributed by atoms with E-state index in [1.165, 1.54) is 35.2 Å². The van der Waals surface area contributed by atoms with Crippen molar-refractivity contribution in [2.75, 3.05) is 17.4 Å². The average Bonchev–Trinajstić information content (AvgIpc) is 2.92. The van der Waals surface area contributed by atoms with Crippen molar-refractivity contribution in [3.8, 4) is 0 Å². The van der Waals surface area contributed by atoms with Gasteiger partial charge < -0.3 is 10.2 Å². The summed E-state index contributed by atoms with van der Waals surface area (Å²) >= 11 is 16.0.